The maximum atomic E-state index is 10.7. The molecule has 2 nitrogen and oxygen atoms in total. The highest BCUT2D eigenvalue weighted by Gasteiger charge is 2.27. The van der Waals surface area contributed by atoms with Gasteiger partial charge in [0, 0.05) is 12.0 Å². The van der Waals surface area contributed by atoms with Crippen molar-refractivity contribution < 1.29 is 4.79 Å². The molecular formula is C5H9NOS. The number of hydrogen-bond acceptors (Lipinski definition) is 3. The third kappa shape index (κ3) is 0.880. The van der Waals surface area contributed by atoms with Crippen LogP contribution < -0.4 is 4.72 Å². The van der Waals surface area contributed by atoms with Gasteiger partial charge in [-0.2, -0.15) is 0 Å². The maximum Gasteiger partial charge on any atom is 0.208 e. The Hall–Kier alpha value is -0.0200. The molecule has 1 heterocycles. The van der Waals surface area contributed by atoms with E-state index >= 15 is 0 Å². The van der Waals surface area contributed by atoms with Crippen molar-refractivity contribution >= 4 is 17.1 Å². The second-order valence-corrected chi connectivity index (χ2v) is 2.96. The van der Waals surface area contributed by atoms with E-state index in [0.717, 1.165) is 0 Å². The van der Waals surface area contributed by atoms with Crippen molar-refractivity contribution in [1.82, 2.24) is 4.72 Å². The Balaban J connectivity index is 2.56. The molecule has 2 atom stereocenters. The molecule has 0 aromatic heterocycles. The van der Waals surface area contributed by atoms with Gasteiger partial charge in [0.2, 0.25) is 5.12 Å². The molecule has 0 spiro atoms. The molecule has 0 bridgehead atoms. The van der Waals surface area contributed by atoms with Crippen LogP contribution in [0.5, 0.6) is 0 Å². The van der Waals surface area contributed by atoms with E-state index in [0.29, 0.717) is 6.04 Å². The van der Waals surface area contributed by atoms with E-state index in [1.54, 1.807) is 0 Å². The fourth-order valence-corrected chi connectivity index (χ4v) is 1.45. The Bertz CT molecular complexity index is 115. The fourth-order valence-electron chi connectivity index (χ4n) is 0.550. The topological polar surface area (TPSA) is 29.1 Å². The lowest BCUT2D eigenvalue weighted by Gasteiger charge is -2.02. The summed E-state index contributed by atoms with van der Waals surface area (Å²) in [7, 11) is 0. The van der Waals surface area contributed by atoms with Crippen LogP contribution in [0.15, 0.2) is 0 Å². The summed E-state index contributed by atoms with van der Waals surface area (Å²) < 4.78 is 2.99. The van der Waals surface area contributed by atoms with Gasteiger partial charge in [0.15, 0.2) is 0 Å². The predicted molar refractivity (Wildman–Crippen MR) is 34.4 cm³/mol. The molecule has 0 saturated carbocycles. The highest BCUT2D eigenvalue weighted by molar-refractivity contribution is 8.12. The number of carbonyl (C=O) groups excluding carboxylic acids is 1. The Morgan fingerprint density at radius 1 is 1.62 bits per heavy atom. The summed E-state index contributed by atoms with van der Waals surface area (Å²) in [6.45, 7) is 3.96. The quantitative estimate of drug-likeness (QED) is 0.493. The molecule has 1 saturated heterocycles. The van der Waals surface area contributed by atoms with Gasteiger partial charge in [-0.3, -0.25) is 9.52 Å². The van der Waals surface area contributed by atoms with Gasteiger partial charge in [0.1, 0.15) is 0 Å². The van der Waals surface area contributed by atoms with Crippen molar-refractivity contribution in [3.63, 3.8) is 0 Å². The molecule has 46 valence electrons. The van der Waals surface area contributed by atoms with Gasteiger partial charge >= 0.3 is 0 Å². The molecule has 0 amide bonds. The van der Waals surface area contributed by atoms with Crippen LogP contribution in [-0.4, -0.2) is 11.2 Å². The van der Waals surface area contributed by atoms with Gasteiger partial charge in [-0.15, -0.1) is 0 Å². The van der Waals surface area contributed by atoms with Crippen LogP contribution in [0.2, 0.25) is 0 Å². The van der Waals surface area contributed by atoms with E-state index in [-0.39, 0.29) is 11.0 Å². The molecule has 2 unspecified atom stereocenters. The third-order valence-corrected chi connectivity index (χ3v) is 2.53. The minimum atomic E-state index is 0.194. The van der Waals surface area contributed by atoms with E-state index in [1.807, 2.05) is 13.8 Å². The van der Waals surface area contributed by atoms with Crippen molar-refractivity contribution in [3.05, 3.63) is 0 Å². The normalized spacial score (nSPS) is 38.5. The monoisotopic (exact) mass is 131 g/mol. The number of rotatable bonds is 0. The number of nitrogens with one attached hydrogen (secondary N) is 1. The van der Waals surface area contributed by atoms with Crippen molar-refractivity contribution in [1.29, 1.82) is 0 Å². The summed E-state index contributed by atoms with van der Waals surface area (Å²) >= 11 is 1.22. The average Bonchev–Trinajstić information content (AvgIpc) is 1.98. The van der Waals surface area contributed by atoms with E-state index < -0.39 is 0 Å². The first-order valence-corrected chi connectivity index (χ1v) is 3.49. The molecule has 8 heavy (non-hydrogen) atoms. The zero-order chi connectivity index (χ0) is 6.15. The lowest BCUT2D eigenvalue weighted by atomic mass is 10.1. The summed E-state index contributed by atoms with van der Waals surface area (Å²) in [6.07, 6.45) is 0. The Labute approximate surface area is 53.2 Å². The van der Waals surface area contributed by atoms with E-state index in [9.17, 15) is 4.79 Å². The zero-order valence-electron chi connectivity index (χ0n) is 4.97. The van der Waals surface area contributed by atoms with Crippen molar-refractivity contribution in [2.24, 2.45) is 5.92 Å². The highest BCUT2D eigenvalue weighted by atomic mass is 32.2. The summed E-state index contributed by atoms with van der Waals surface area (Å²) in [6, 6.07) is 0.354. The van der Waals surface area contributed by atoms with E-state index in [2.05, 4.69) is 4.72 Å². The summed E-state index contributed by atoms with van der Waals surface area (Å²) in [5, 5.41) is 0.262. The summed E-state index contributed by atoms with van der Waals surface area (Å²) in [5.41, 5.74) is 0. The van der Waals surface area contributed by atoms with Gasteiger partial charge in [-0.05, 0) is 18.9 Å². The lowest BCUT2D eigenvalue weighted by Crippen LogP contribution is -2.19. The first-order valence-electron chi connectivity index (χ1n) is 2.68. The van der Waals surface area contributed by atoms with Crippen molar-refractivity contribution in [3.8, 4) is 0 Å². The molecule has 0 aliphatic carbocycles. The lowest BCUT2D eigenvalue weighted by molar-refractivity contribution is -0.113. The Morgan fingerprint density at radius 2 is 2.25 bits per heavy atom. The fraction of sp³-hybridized carbons (Fsp3) is 0.800. The van der Waals surface area contributed by atoms with Crippen LogP contribution in [0.4, 0.5) is 0 Å². The molecule has 0 aromatic rings. The first-order chi connectivity index (χ1) is 3.72. The van der Waals surface area contributed by atoms with Crippen LogP contribution in [-0.2, 0) is 4.79 Å². The van der Waals surface area contributed by atoms with Crippen LogP contribution in [0, 0.1) is 5.92 Å². The van der Waals surface area contributed by atoms with Gasteiger partial charge in [-0.1, -0.05) is 6.92 Å². The van der Waals surface area contributed by atoms with Crippen molar-refractivity contribution in [2.45, 2.75) is 19.9 Å². The summed E-state index contributed by atoms with van der Waals surface area (Å²) in [5.74, 6) is 0.194. The second-order valence-electron chi connectivity index (χ2n) is 2.12. The molecule has 1 fully saturated rings. The zero-order valence-corrected chi connectivity index (χ0v) is 5.79. The molecule has 0 aromatic carbocycles. The highest BCUT2D eigenvalue weighted by Crippen LogP contribution is 2.20. The predicted octanol–water partition coefficient (Wildman–Crippen LogP) is 0.789. The van der Waals surface area contributed by atoms with Gasteiger partial charge < -0.3 is 0 Å². The third-order valence-electron chi connectivity index (χ3n) is 1.47. The smallest absolute Gasteiger partial charge is 0.208 e. The molecular weight excluding hydrogens is 122 g/mol. The van der Waals surface area contributed by atoms with Gasteiger partial charge in [0.25, 0.3) is 0 Å². The molecule has 0 radical (unpaired) electrons. The minimum absolute atomic E-state index is 0.194. The molecule has 1 N–H and O–H groups in total. The van der Waals surface area contributed by atoms with E-state index in [4.69, 9.17) is 0 Å². The van der Waals surface area contributed by atoms with Gasteiger partial charge in [0.05, 0.1) is 0 Å². The SMILES string of the molecule is CC1NSC(=O)C1C. The minimum Gasteiger partial charge on any atom is -0.285 e. The van der Waals surface area contributed by atoms with Crippen LogP contribution in [0.3, 0.4) is 0 Å². The number of carbonyl (C=O) groups is 1. The largest absolute Gasteiger partial charge is 0.285 e. The summed E-state index contributed by atoms with van der Waals surface area (Å²) in [4.78, 5) is 10.7. The van der Waals surface area contributed by atoms with Gasteiger partial charge in [-0.25, -0.2) is 0 Å². The molecule has 1 aliphatic heterocycles. The van der Waals surface area contributed by atoms with E-state index in [1.165, 1.54) is 11.9 Å². The Morgan fingerprint density at radius 3 is 2.38 bits per heavy atom. The molecule has 1 aliphatic rings. The molecule has 1 rings (SSSR count). The van der Waals surface area contributed by atoms with Crippen molar-refractivity contribution in [2.75, 3.05) is 0 Å². The first kappa shape index (κ1) is 6.11. The number of hydrogen-bond donors (Lipinski definition) is 1. The van der Waals surface area contributed by atoms with Crippen LogP contribution >= 0.6 is 11.9 Å². The molecule has 3 heteroatoms. The Kier molecular flexibility index (Phi) is 1.58. The average molecular weight is 131 g/mol. The van der Waals surface area contributed by atoms with Crippen LogP contribution in [0.1, 0.15) is 13.8 Å². The second kappa shape index (κ2) is 2.07. The van der Waals surface area contributed by atoms with Crippen LogP contribution in [0.25, 0.3) is 0 Å². The standard InChI is InChI=1S/C5H9NOS/c1-3-4(2)6-8-5(3)7/h3-4,6H,1-2H3. The maximum absolute atomic E-state index is 10.7.